The maximum atomic E-state index is 11.5. The van der Waals surface area contributed by atoms with Gasteiger partial charge in [-0.3, -0.25) is 4.79 Å². The van der Waals surface area contributed by atoms with Gasteiger partial charge < -0.3 is 4.74 Å². The van der Waals surface area contributed by atoms with Crippen LogP contribution in [0.25, 0.3) is 0 Å². The Morgan fingerprint density at radius 3 is 2.83 bits per heavy atom. The van der Waals surface area contributed by atoms with Gasteiger partial charge in [0, 0.05) is 0 Å². The predicted molar refractivity (Wildman–Crippen MR) is 45.8 cm³/mol. The zero-order chi connectivity index (χ0) is 8.77. The van der Waals surface area contributed by atoms with Crippen LogP contribution < -0.4 is 0 Å². The van der Waals surface area contributed by atoms with Crippen LogP contribution in [0, 0.1) is 5.92 Å². The van der Waals surface area contributed by atoms with E-state index in [-0.39, 0.29) is 17.3 Å². The van der Waals surface area contributed by atoms with Crippen LogP contribution in [0.15, 0.2) is 11.6 Å². The molecule has 2 aliphatic rings. The molecule has 12 heavy (non-hydrogen) atoms. The Labute approximate surface area is 72.6 Å². The summed E-state index contributed by atoms with van der Waals surface area (Å²) in [4.78, 5) is 11.5. The van der Waals surface area contributed by atoms with Crippen molar-refractivity contribution >= 4 is 5.78 Å². The number of ether oxygens (including phenoxy) is 1. The zero-order valence-electron chi connectivity index (χ0n) is 7.59. The van der Waals surface area contributed by atoms with Crippen LogP contribution in [0.3, 0.4) is 0 Å². The molecular formula is C10H14O2. The van der Waals surface area contributed by atoms with Crippen molar-refractivity contribution in [1.82, 2.24) is 0 Å². The first-order valence-electron chi connectivity index (χ1n) is 4.47. The van der Waals surface area contributed by atoms with Crippen molar-refractivity contribution in [2.45, 2.75) is 32.3 Å². The molecule has 0 unspecified atom stereocenters. The highest BCUT2D eigenvalue weighted by Gasteiger charge is 2.49. The summed E-state index contributed by atoms with van der Waals surface area (Å²) in [6.45, 7) is 4.81. The smallest absolute Gasteiger partial charge is 0.161 e. The summed E-state index contributed by atoms with van der Waals surface area (Å²) < 4.78 is 5.29. The molecule has 1 aliphatic carbocycles. The Morgan fingerprint density at radius 2 is 2.33 bits per heavy atom. The fraction of sp³-hybridized carbons (Fsp3) is 0.700. The number of carbonyl (C=O) groups is 1. The van der Waals surface area contributed by atoms with E-state index in [2.05, 4.69) is 0 Å². The number of ketones is 1. The van der Waals surface area contributed by atoms with Crippen LogP contribution in [0.2, 0.25) is 0 Å². The minimum atomic E-state index is -0.117. The van der Waals surface area contributed by atoms with E-state index in [9.17, 15) is 4.79 Å². The molecule has 0 aromatic heterocycles. The average Bonchev–Trinajstić information content (AvgIpc) is 2.68. The molecule has 0 bridgehead atoms. The second kappa shape index (κ2) is 2.43. The summed E-state index contributed by atoms with van der Waals surface area (Å²) in [7, 11) is 0. The van der Waals surface area contributed by atoms with Crippen LogP contribution in [0.1, 0.15) is 26.7 Å². The van der Waals surface area contributed by atoms with E-state index in [1.54, 1.807) is 6.08 Å². The van der Waals surface area contributed by atoms with Gasteiger partial charge in [-0.15, -0.1) is 0 Å². The van der Waals surface area contributed by atoms with Gasteiger partial charge >= 0.3 is 0 Å². The quantitative estimate of drug-likeness (QED) is 0.555. The van der Waals surface area contributed by atoms with Crippen LogP contribution in [0.5, 0.6) is 0 Å². The normalized spacial score (nSPS) is 41.0. The fourth-order valence-corrected chi connectivity index (χ4v) is 1.85. The maximum Gasteiger partial charge on any atom is 0.161 e. The van der Waals surface area contributed by atoms with Gasteiger partial charge in [-0.1, -0.05) is 5.57 Å². The average molecular weight is 166 g/mol. The van der Waals surface area contributed by atoms with Crippen molar-refractivity contribution in [1.29, 1.82) is 0 Å². The van der Waals surface area contributed by atoms with Crippen molar-refractivity contribution in [3.05, 3.63) is 11.6 Å². The second-order valence-electron chi connectivity index (χ2n) is 4.09. The molecule has 2 rings (SSSR count). The van der Waals surface area contributed by atoms with Crippen LogP contribution in [0.4, 0.5) is 0 Å². The number of hydrogen-bond donors (Lipinski definition) is 0. The lowest BCUT2D eigenvalue weighted by molar-refractivity contribution is -0.120. The van der Waals surface area contributed by atoms with Gasteiger partial charge in [0.05, 0.1) is 18.1 Å². The number of allylic oxidation sites excluding steroid dienone is 2. The predicted octanol–water partition coefficient (Wildman–Crippen LogP) is 1.70. The van der Waals surface area contributed by atoms with Crippen molar-refractivity contribution in [2.24, 2.45) is 5.92 Å². The Balaban J connectivity index is 2.15. The van der Waals surface area contributed by atoms with Crippen LogP contribution in [-0.4, -0.2) is 18.0 Å². The van der Waals surface area contributed by atoms with E-state index in [4.69, 9.17) is 4.74 Å². The molecule has 0 amide bonds. The molecule has 1 heterocycles. The minimum absolute atomic E-state index is 0.117. The fourth-order valence-electron chi connectivity index (χ4n) is 1.85. The van der Waals surface area contributed by atoms with E-state index in [0.717, 1.165) is 19.4 Å². The molecule has 0 aromatic carbocycles. The van der Waals surface area contributed by atoms with Crippen LogP contribution in [-0.2, 0) is 9.53 Å². The molecule has 0 N–H and O–H groups in total. The molecule has 0 radical (unpaired) electrons. The molecule has 1 aliphatic heterocycles. The van der Waals surface area contributed by atoms with Gasteiger partial charge in [-0.2, -0.15) is 0 Å². The number of carbonyl (C=O) groups excluding carboxylic acids is 1. The van der Waals surface area contributed by atoms with Crippen LogP contribution >= 0.6 is 0 Å². The maximum absolute atomic E-state index is 11.5. The van der Waals surface area contributed by atoms with Gasteiger partial charge in [0.1, 0.15) is 0 Å². The van der Waals surface area contributed by atoms with E-state index in [0.29, 0.717) is 0 Å². The van der Waals surface area contributed by atoms with Gasteiger partial charge in [0.2, 0.25) is 0 Å². The second-order valence-corrected chi connectivity index (χ2v) is 4.09. The molecule has 2 heteroatoms. The summed E-state index contributed by atoms with van der Waals surface area (Å²) in [5.74, 6) is 0.389. The van der Waals surface area contributed by atoms with Gasteiger partial charge in [-0.25, -0.2) is 0 Å². The summed E-state index contributed by atoms with van der Waals surface area (Å²) in [6.07, 6.45) is 3.80. The van der Waals surface area contributed by atoms with Crippen molar-refractivity contribution in [3.63, 3.8) is 0 Å². The zero-order valence-corrected chi connectivity index (χ0v) is 7.59. The first-order chi connectivity index (χ1) is 5.62. The highest BCUT2D eigenvalue weighted by atomic mass is 16.6. The summed E-state index contributed by atoms with van der Waals surface area (Å²) in [5, 5.41) is 0. The first-order valence-corrected chi connectivity index (χ1v) is 4.47. The highest BCUT2D eigenvalue weighted by molar-refractivity contribution is 5.94. The Kier molecular flexibility index (Phi) is 1.62. The molecule has 2 atom stereocenters. The van der Waals surface area contributed by atoms with Gasteiger partial charge in [0.25, 0.3) is 0 Å². The topological polar surface area (TPSA) is 29.6 Å². The third-order valence-corrected chi connectivity index (χ3v) is 2.90. The summed E-state index contributed by atoms with van der Waals surface area (Å²) in [5.41, 5.74) is 1.09. The van der Waals surface area contributed by atoms with Crippen molar-refractivity contribution in [3.8, 4) is 0 Å². The molecule has 0 aromatic rings. The molecule has 1 fully saturated rings. The number of rotatable bonds is 1. The van der Waals surface area contributed by atoms with E-state index < -0.39 is 0 Å². The Hall–Kier alpha value is -0.630. The standard InChI is InChI=1S/C10H14O2/c1-7-3-4-8(9(11)5-7)10(2)6-12-10/h5,8H,3-4,6H2,1-2H3/t8-,10+/m0/s1. The van der Waals surface area contributed by atoms with E-state index in [1.807, 2.05) is 13.8 Å². The van der Waals surface area contributed by atoms with Crippen molar-refractivity contribution < 1.29 is 9.53 Å². The molecule has 2 nitrogen and oxygen atoms in total. The lowest BCUT2D eigenvalue weighted by Crippen LogP contribution is -2.30. The lowest BCUT2D eigenvalue weighted by Gasteiger charge is -2.22. The highest BCUT2D eigenvalue weighted by Crippen LogP contribution is 2.40. The van der Waals surface area contributed by atoms with Gasteiger partial charge in [-0.05, 0) is 32.8 Å². The largest absolute Gasteiger partial charge is 0.369 e. The van der Waals surface area contributed by atoms with E-state index >= 15 is 0 Å². The molecule has 1 saturated heterocycles. The lowest BCUT2D eigenvalue weighted by atomic mass is 9.81. The molecule has 66 valence electrons. The molecule has 0 saturated carbocycles. The number of hydrogen-bond acceptors (Lipinski definition) is 2. The third kappa shape index (κ3) is 1.20. The van der Waals surface area contributed by atoms with Gasteiger partial charge in [0.15, 0.2) is 5.78 Å². The van der Waals surface area contributed by atoms with E-state index in [1.165, 1.54) is 5.57 Å². The summed E-state index contributed by atoms with van der Waals surface area (Å²) in [6, 6.07) is 0. The Morgan fingerprint density at radius 1 is 1.67 bits per heavy atom. The minimum Gasteiger partial charge on any atom is -0.369 e. The van der Waals surface area contributed by atoms with Crippen molar-refractivity contribution in [2.75, 3.05) is 6.61 Å². The first kappa shape index (κ1) is 7.99. The Bertz CT molecular complexity index is 249. The monoisotopic (exact) mass is 166 g/mol. The molecular weight excluding hydrogens is 152 g/mol. The molecule has 0 spiro atoms. The summed E-state index contributed by atoms with van der Waals surface area (Å²) >= 11 is 0. The third-order valence-electron chi connectivity index (χ3n) is 2.90. The number of epoxide rings is 1. The SMILES string of the molecule is CC1=CC(=O)[C@@H]([C@@]2(C)CO2)CC1.